The highest BCUT2D eigenvalue weighted by Gasteiger charge is 2.45. The van der Waals surface area contributed by atoms with E-state index < -0.39 is 11.6 Å². The van der Waals surface area contributed by atoms with E-state index in [1.807, 2.05) is 6.07 Å². The first kappa shape index (κ1) is 30.1. The van der Waals surface area contributed by atoms with E-state index in [1.165, 1.54) is 24.3 Å². The van der Waals surface area contributed by atoms with Gasteiger partial charge in [0.05, 0.1) is 26.4 Å². The van der Waals surface area contributed by atoms with Crippen molar-refractivity contribution >= 4 is 62.1 Å². The molecule has 3 aromatic rings. The van der Waals surface area contributed by atoms with Gasteiger partial charge in [-0.2, -0.15) is 15.2 Å². The number of nitrogens with one attached hydrogen (secondary N) is 2. The van der Waals surface area contributed by atoms with E-state index in [-0.39, 0.29) is 49.1 Å². The Kier molecular flexibility index (Phi) is 8.02. The lowest BCUT2D eigenvalue weighted by molar-refractivity contribution is 0.108. The monoisotopic (exact) mass is 649 g/mol. The van der Waals surface area contributed by atoms with Gasteiger partial charge in [0.15, 0.2) is 5.82 Å². The Labute approximate surface area is 269 Å². The van der Waals surface area contributed by atoms with Gasteiger partial charge >= 0.3 is 6.01 Å². The van der Waals surface area contributed by atoms with Crippen LogP contribution < -0.4 is 21.1 Å². The van der Waals surface area contributed by atoms with Gasteiger partial charge in [0.25, 0.3) is 0 Å². The van der Waals surface area contributed by atoms with Gasteiger partial charge in [-0.15, -0.1) is 11.3 Å². The topological polar surface area (TPSA) is 112 Å². The zero-order valence-electron chi connectivity index (χ0n) is 24.8. The van der Waals surface area contributed by atoms with Crippen LogP contribution in [0.1, 0.15) is 60.1 Å². The highest BCUT2D eigenvalue weighted by atomic mass is 35.5. The summed E-state index contributed by atoms with van der Waals surface area (Å²) in [4.78, 5) is 12.1. The molecule has 45 heavy (non-hydrogen) atoms. The second kappa shape index (κ2) is 12.0. The number of nitrogens with two attached hydrogens (primary N) is 1. The fourth-order valence-electron chi connectivity index (χ4n) is 7.44. The molecule has 7 rings (SSSR count). The average molecular weight is 650 g/mol. The van der Waals surface area contributed by atoms with Gasteiger partial charge in [-0.3, -0.25) is 4.90 Å². The summed E-state index contributed by atoms with van der Waals surface area (Å²) in [5, 5.41) is 17.0. The quantitative estimate of drug-likeness (QED) is 0.251. The Hall–Kier alpha value is -3.56. The Morgan fingerprint density at radius 2 is 2.11 bits per heavy atom. The number of hydrogen-bond donors (Lipinski definition) is 3. The molecule has 12 heteroatoms. The van der Waals surface area contributed by atoms with Crippen molar-refractivity contribution in [2.24, 2.45) is 5.92 Å². The van der Waals surface area contributed by atoms with Crippen LogP contribution >= 0.6 is 22.9 Å². The summed E-state index contributed by atoms with van der Waals surface area (Å²) in [5.41, 5.74) is 7.47. The molecule has 0 saturated carbocycles. The van der Waals surface area contributed by atoms with E-state index in [4.69, 9.17) is 32.3 Å². The number of fused-ring (bicyclic) bond motifs is 3. The molecule has 4 aliphatic heterocycles. The van der Waals surface area contributed by atoms with Crippen LogP contribution in [0.25, 0.3) is 28.4 Å². The summed E-state index contributed by atoms with van der Waals surface area (Å²) in [6, 6.07) is 3.68. The second-order valence-corrected chi connectivity index (χ2v) is 13.9. The van der Waals surface area contributed by atoms with Gasteiger partial charge in [-0.25, -0.2) is 8.78 Å². The first-order valence-electron chi connectivity index (χ1n) is 15.4. The molecule has 3 saturated heterocycles. The molecule has 4 N–H and O–H groups in total. The molecule has 2 atom stereocenters. The number of thiophene rings is 1. The maximum atomic E-state index is 16.5. The van der Waals surface area contributed by atoms with Crippen molar-refractivity contribution in [1.29, 1.82) is 5.26 Å². The second-order valence-electron chi connectivity index (χ2n) is 12.5. The van der Waals surface area contributed by atoms with E-state index in [0.717, 1.165) is 68.6 Å². The highest BCUT2D eigenvalue weighted by molar-refractivity contribution is 7.17. The normalized spacial score (nSPS) is 23.0. The fourth-order valence-corrected chi connectivity index (χ4v) is 8.61. The molecule has 0 amide bonds. The van der Waals surface area contributed by atoms with Crippen molar-refractivity contribution < 1.29 is 13.5 Å². The summed E-state index contributed by atoms with van der Waals surface area (Å²) in [7, 11) is 0. The maximum Gasteiger partial charge on any atom is 0.319 e. The van der Waals surface area contributed by atoms with Crippen molar-refractivity contribution in [2.75, 3.05) is 43.8 Å². The standard InChI is InChI=1S/C33H34ClF2N7OS/c1-18-11-19-12-21(39-15-19)16-40-31-26-25(18)27(34)22(5-2-6-23(35)24-13-20(14-37)30(38)45-24)28(36)29(26)41-32(42-31)44-17-33-7-3-9-43(33)10-4-8-33/h2,5-6,13,19,21,39H,1,3-4,7-12,15-17,38H2,(H,40,41,42)/b5-2+,23-6+/t19-,21+/m0/s1. The third-order valence-corrected chi connectivity index (χ3v) is 11.0. The van der Waals surface area contributed by atoms with Gasteiger partial charge in [-0.1, -0.05) is 30.3 Å². The number of ether oxygens (including phenoxy) is 1. The van der Waals surface area contributed by atoms with E-state index in [0.29, 0.717) is 42.3 Å². The number of nitriles is 1. The smallest absolute Gasteiger partial charge is 0.319 e. The number of allylic oxidation sites excluding steroid dienone is 3. The molecule has 2 aromatic heterocycles. The predicted octanol–water partition coefficient (Wildman–Crippen LogP) is 6.78. The largest absolute Gasteiger partial charge is 0.461 e. The number of nitrogens with zero attached hydrogens (tertiary/aromatic N) is 4. The number of nitrogen functional groups attached to an aromatic ring is 1. The number of rotatable bonds is 6. The highest BCUT2D eigenvalue weighted by Crippen LogP contribution is 2.44. The molecule has 0 unspecified atom stereocenters. The molecule has 0 aliphatic carbocycles. The van der Waals surface area contributed by atoms with Crippen LogP contribution in [-0.4, -0.2) is 59.2 Å². The molecular weight excluding hydrogens is 616 g/mol. The Morgan fingerprint density at radius 1 is 1.31 bits per heavy atom. The van der Waals surface area contributed by atoms with Crippen LogP contribution in [0, 0.1) is 23.1 Å². The lowest BCUT2D eigenvalue weighted by Crippen LogP contribution is -2.43. The van der Waals surface area contributed by atoms with Gasteiger partial charge in [-0.05, 0) is 81.8 Å². The number of benzene rings is 1. The number of halogens is 3. The van der Waals surface area contributed by atoms with Crippen LogP contribution in [-0.2, 0) is 0 Å². The molecule has 3 fully saturated rings. The zero-order chi connectivity index (χ0) is 31.3. The molecule has 1 aromatic carbocycles. The van der Waals surface area contributed by atoms with E-state index >= 15 is 4.39 Å². The lowest BCUT2D eigenvalue weighted by Gasteiger charge is -2.31. The van der Waals surface area contributed by atoms with Crippen LogP contribution in [0.15, 0.2) is 24.8 Å². The van der Waals surface area contributed by atoms with Crippen LogP contribution in [0.5, 0.6) is 6.01 Å². The molecule has 4 aliphatic rings. The molecule has 0 spiro atoms. The maximum absolute atomic E-state index is 16.5. The number of aromatic nitrogens is 2. The Bertz CT molecular complexity index is 1790. The minimum atomic E-state index is -0.654. The van der Waals surface area contributed by atoms with Crippen LogP contribution in [0.2, 0.25) is 5.02 Å². The van der Waals surface area contributed by atoms with Crippen molar-refractivity contribution in [3.63, 3.8) is 0 Å². The summed E-state index contributed by atoms with van der Waals surface area (Å²) < 4.78 is 37.8. The average Bonchev–Trinajstić information content (AvgIpc) is 3.81. The van der Waals surface area contributed by atoms with Gasteiger partial charge in [0.1, 0.15) is 34.8 Å². The van der Waals surface area contributed by atoms with Crippen molar-refractivity contribution in [2.45, 2.75) is 50.1 Å². The summed E-state index contributed by atoms with van der Waals surface area (Å²) in [6.07, 6.45) is 10.0. The zero-order valence-corrected chi connectivity index (χ0v) is 26.3. The molecule has 6 heterocycles. The summed E-state index contributed by atoms with van der Waals surface area (Å²) in [6.45, 7) is 8.41. The fraction of sp³-hybridized carbons (Fsp3) is 0.424. The SMILES string of the molecule is C=C1C[C@@H]2CN[C@@H](CNc3nc(OCC45CCCN4CCC5)nc4c(F)c(/C=C/C=C(/F)c5cc(C#N)c(N)s5)c(Cl)c1c34)C2. The summed E-state index contributed by atoms with van der Waals surface area (Å²) in [5.74, 6) is -0.443. The van der Waals surface area contributed by atoms with Crippen molar-refractivity contribution in [3.8, 4) is 12.1 Å². The van der Waals surface area contributed by atoms with Crippen LogP contribution in [0.3, 0.4) is 0 Å². The minimum Gasteiger partial charge on any atom is -0.461 e. The van der Waals surface area contributed by atoms with Crippen LogP contribution in [0.4, 0.5) is 19.6 Å². The predicted molar refractivity (Wildman–Crippen MR) is 176 cm³/mol. The molecule has 0 radical (unpaired) electrons. The Balaban J connectivity index is 1.31. The van der Waals surface area contributed by atoms with E-state index in [2.05, 4.69) is 27.1 Å². The first-order chi connectivity index (χ1) is 21.8. The van der Waals surface area contributed by atoms with Gasteiger partial charge in [0, 0.05) is 23.7 Å². The van der Waals surface area contributed by atoms with Crippen molar-refractivity contribution in [1.82, 2.24) is 20.2 Å². The van der Waals surface area contributed by atoms with Gasteiger partial charge < -0.3 is 21.1 Å². The Morgan fingerprint density at radius 3 is 2.87 bits per heavy atom. The lowest BCUT2D eigenvalue weighted by atomic mass is 9.89. The van der Waals surface area contributed by atoms with E-state index in [1.54, 1.807) is 0 Å². The van der Waals surface area contributed by atoms with Gasteiger partial charge in [0.2, 0.25) is 0 Å². The molecular formula is C33H34ClF2N7OS. The first-order valence-corrected chi connectivity index (χ1v) is 16.6. The summed E-state index contributed by atoms with van der Waals surface area (Å²) >= 11 is 7.96. The van der Waals surface area contributed by atoms with Crippen molar-refractivity contribution in [3.05, 3.63) is 57.2 Å². The molecule has 8 nitrogen and oxygen atoms in total. The number of hydrogen-bond acceptors (Lipinski definition) is 9. The number of anilines is 2. The van der Waals surface area contributed by atoms with E-state index in [9.17, 15) is 4.39 Å². The molecule has 2 bridgehead atoms. The minimum absolute atomic E-state index is 0.0287. The third kappa shape index (κ3) is 5.48. The third-order valence-electron chi connectivity index (χ3n) is 9.66. The molecule has 234 valence electrons.